The minimum Gasteiger partial charge on any atom is -0.489 e. The van der Waals surface area contributed by atoms with Crippen molar-refractivity contribution in [2.75, 3.05) is 6.61 Å². The first-order valence-corrected chi connectivity index (χ1v) is 3.87. The lowest BCUT2D eigenvalue weighted by molar-refractivity contribution is 0.356. The fourth-order valence-electron chi connectivity index (χ4n) is 1.25. The van der Waals surface area contributed by atoms with Crippen molar-refractivity contribution in [1.82, 2.24) is 0 Å². The monoisotopic (exact) mass is 164 g/mol. The third-order valence-electron chi connectivity index (χ3n) is 1.92. The topological polar surface area (TPSA) is 9.23 Å². The second-order valence-electron chi connectivity index (χ2n) is 2.85. The van der Waals surface area contributed by atoms with E-state index in [1.165, 1.54) is 6.07 Å². The van der Waals surface area contributed by atoms with Crippen molar-refractivity contribution >= 4 is 6.08 Å². The Morgan fingerprint density at radius 3 is 3.08 bits per heavy atom. The van der Waals surface area contributed by atoms with Crippen LogP contribution < -0.4 is 4.74 Å². The molecule has 1 heterocycles. The molecule has 1 aliphatic heterocycles. The molecule has 0 aromatic heterocycles. The molecule has 0 amide bonds. The summed E-state index contributed by atoms with van der Waals surface area (Å²) in [6.07, 6.45) is 3.87. The molecule has 2 rings (SSSR count). The van der Waals surface area contributed by atoms with Gasteiger partial charge in [-0.25, -0.2) is 4.39 Å². The molecule has 0 spiro atoms. The molecule has 0 fully saturated rings. The van der Waals surface area contributed by atoms with Crippen LogP contribution >= 0.6 is 0 Å². The van der Waals surface area contributed by atoms with Crippen molar-refractivity contribution in [3.63, 3.8) is 0 Å². The molecule has 0 unspecified atom stereocenters. The number of fused-ring (bicyclic) bond motifs is 1. The molecule has 0 radical (unpaired) electrons. The molecule has 62 valence electrons. The Kier molecular flexibility index (Phi) is 1.61. The smallest absolute Gasteiger partial charge is 0.129 e. The molecular weight excluding hydrogens is 155 g/mol. The first-order chi connectivity index (χ1) is 5.77. The first kappa shape index (κ1) is 7.35. The Balaban J connectivity index is 2.58. The van der Waals surface area contributed by atoms with Gasteiger partial charge in [-0.2, -0.15) is 0 Å². The number of hydrogen-bond donors (Lipinski definition) is 0. The molecular formula is C10H9FO. The zero-order valence-electron chi connectivity index (χ0n) is 6.80. The van der Waals surface area contributed by atoms with Crippen molar-refractivity contribution in [1.29, 1.82) is 0 Å². The molecule has 1 aromatic carbocycles. The lowest BCUT2D eigenvalue weighted by Gasteiger charge is -2.12. The van der Waals surface area contributed by atoms with E-state index in [4.69, 9.17) is 4.74 Å². The molecule has 0 aliphatic carbocycles. The summed E-state index contributed by atoms with van der Waals surface area (Å²) < 4.78 is 18.2. The van der Waals surface area contributed by atoms with Gasteiger partial charge in [0.15, 0.2) is 0 Å². The van der Waals surface area contributed by atoms with Crippen LogP contribution in [-0.2, 0) is 0 Å². The maximum absolute atomic E-state index is 13.0. The zero-order valence-corrected chi connectivity index (χ0v) is 6.80. The van der Waals surface area contributed by atoms with Gasteiger partial charge < -0.3 is 4.74 Å². The fourth-order valence-corrected chi connectivity index (χ4v) is 1.25. The van der Waals surface area contributed by atoms with Gasteiger partial charge in [-0.3, -0.25) is 0 Å². The van der Waals surface area contributed by atoms with Crippen LogP contribution in [0.3, 0.4) is 0 Å². The highest BCUT2D eigenvalue weighted by molar-refractivity contribution is 5.60. The van der Waals surface area contributed by atoms with Crippen LogP contribution in [0.2, 0.25) is 0 Å². The predicted molar refractivity (Wildman–Crippen MR) is 45.7 cm³/mol. The number of rotatable bonds is 0. The third-order valence-corrected chi connectivity index (χ3v) is 1.92. The average Bonchev–Trinajstić information content (AvgIpc) is 2.07. The molecule has 0 saturated heterocycles. The standard InChI is InChI=1S/C10H9FO/c1-7-5-8-3-2-4-12-10(8)6-9(7)11/h2-3,5-6H,4H2,1H3. The van der Waals surface area contributed by atoms with Gasteiger partial charge in [0.1, 0.15) is 18.2 Å². The summed E-state index contributed by atoms with van der Waals surface area (Å²) in [7, 11) is 0. The third kappa shape index (κ3) is 1.09. The quantitative estimate of drug-likeness (QED) is 0.572. The Morgan fingerprint density at radius 2 is 2.25 bits per heavy atom. The Bertz CT molecular complexity index is 342. The first-order valence-electron chi connectivity index (χ1n) is 3.87. The van der Waals surface area contributed by atoms with Crippen LogP contribution in [0.1, 0.15) is 11.1 Å². The molecule has 0 atom stereocenters. The van der Waals surface area contributed by atoms with E-state index in [0.717, 1.165) is 5.56 Å². The summed E-state index contributed by atoms with van der Waals surface area (Å²) in [5.74, 6) is 0.435. The summed E-state index contributed by atoms with van der Waals surface area (Å²) in [5, 5.41) is 0. The van der Waals surface area contributed by atoms with Gasteiger partial charge >= 0.3 is 0 Å². The van der Waals surface area contributed by atoms with Crippen molar-refractivity contribution in [2.24, 2.45) is 0 Å². The van der Waals surface area contributed by atoms with Crippen LogP contribution in [0, 0.1) is 12.7 Å². The van der Waals surface area contributed by atoms with E-state index in [1.807, 2.05) is 12.2 Å². The van der Waals surface area contributed by atoms with Crippen LogP contribution in [-0.4, -0.2) is 6.61 Å². The van der Waals surface area contributed by atoms with Gasteiger partial charge in [-0.15, -0.1) is 0 Å². The number of halogens is 1. The maximum Gasteiger partial charge on any atom is 0.129 e. The van der Waals surface area contributed by atoms with Gasteiger partial charge in [-0.05, 0) is 24.6 Å². The van der Waals surface area contributed by atoms with E-state index in [0.29, 0.717) is 17.9 Å². The number of aryl methyl sites for hydroxylation is 1. The lowest BCUT2D eigenvalue weighted by atomic mass is 10.1. The summed E-state index contributed by atoms with van der Waals surface area (Å²) in [6, 6.07) is 3.23. The van der Waals surface area contributed by atoms with Crippen molar-refractivity contribution < 1.29 is 9.13 Å². The average molecular weight is 164 g/mol. The molecule has 2 heteroatoms. The second-order valence-corrected chi connectivity index (χ2v) is 2.85. The lowest BCUT2D eigenvalue weighted by Crippen LogP contribution is -2.01. The molecule has 0 bridgehead atoms. The molecule has 1 aliphatic rings. The van der Waals surface area contributed by atoms with Crippen LogP contribution in [0.4, 0.5) is 4.39 Å². The van der Waals surface area contributed by atoms with Gasteiger partial charge in [0, 0.05) is 11.6 Å². The highest BCUT2D eigenvalue weighted by Gasteiger charge is 2.08. The van der Waals surface area contributed by atoms with E-state index in [9.17, 15) is 4.39 Å². The maximum atomic E-state index is 13.0. The second kappa shape index (κ2) is 2.63. The Labute approximate surface area is 70.5 Å². The van der Waals surface area contributed by atoms with E-state index in [1.54, 1.807) is 13.0 Å². The van der Waals surface area contributed by atoms with Gasteiger partial charge in [0.25, 0.3) is 0 Å². The molecule has 0 N–H and O–H groups in total. The van der Waals surface area contributed by atoms with Gasteiger partial charge in [-0.1, -0.05) is 6.08 Å². The molecule has 12 heavy (non-hydrogen) atoms. The van der Waals surface area contributed by atoms with E-state index in [-0.39, 0.29) is 5.82 Å². The molecule has 1 aromatic rings. The minimum absolute atomic E-state index is 0.205. The van der Waals surface area contributed by atoms with E-state index >= 15 is 0 Å². The van der Waals surface area contributed by atoms with Crippen molar-refractivity contribution in [3.05, 3.63) is 35.2 Å². The Morgan fingerprint density at radius 1 is 1.42 bits per heavy atom. The molecule has 1 nitrogen and oxygen atoms in total. The zero-order chi connectivity index (χ0) is 8.55. The normalized spacial score (nSPS) is 13.8. The summed E-state index contributed by atoms with van der Waals surface area (Å²) >= 11 is 0. The largest absolute Gasteiger partial charge is 0.489 e. The summed E-state index contributed by atoms with van der Waals surface area (Å²) in [5.41, 5.74) is 1.61. The van der Waals surface area contributed by atoms with Crippen LogP contribution in [0.25, 0.3) is 6.08 Å². The van der Waals surface area contributed by atoms with Gasteiger partial charge in [0.05, 0.1) is 0 Å². The van der Waals surface area contributed by atoms with Crippen molar-refractivity contribution in [2.45, 2.75) is 6.92 Å². The van der Waals surface area contributed by atoms with Crippen LogP contribution in [0.15, 0.2) is 18.2 Å². The SMILES string of the molecule is Cc1cc2c(cc1F)OCC=C2. The predicted octanol–water partition coefficient (Wildman–Crippen LogP) is 2.54. The summed E-state index contributed by atoms with van der Waals surface area (Å²) in [6.45, 7) is 2.29. The van der Waals surface area contributed by atoms with E-state index < -0.39 is 0 Å². The Hall–Kier alpha value is -1.31. The number of benzene rings is 1. The fraction of sp³-hybridized carbons (Fsp3) is 0.200. The highest BCUT2D eigenvalue weighted by Crippen LogP contribution is 2.26. The van der Waals surface area contributed by atoms with Crippen LogP contribution in [0.5, 0.6) is 5.75 Å². The minimum atomic E-state index is -0.205. The highest BCUT2D eigenvalue weighted by atomic mass is 19.1. The number of hydrogen-bond acceptors (Lipinski definition) is 1. The van der Waals surface area contributed by atoms with Crippen molar-refractivity contribution in [3.8, 4) is 5.75 Å². The summed E-state index contributed by atoms with van der Waals surface area (Å²) in [4.78, 5) is 0. The van der Waals surface area contributed by atoms with Gasteiger partial charge in [0.2, 0.25) is 0 Å². The molecule has 0 saturated carbocycles. The van der Waals surface area contributed by atoms with E-state index in [2.05, 4.69) is 0 Å². The number of ether oxygens (including phenoxy) is 1.